The molecule has 2 N–H and O–H groups in total. The first kappa shape index (κ1) is 18.2. The summed E-state index contributed by atoms with van der Waals surface area (Å²) in [5, 5.41) is 11.9. The van der Waals surface area contributed by atoms with Gasteiger partial charge in [-0.1, -0.05) is 6.07 Å². The Hall–Kier alpha value is -1.62. The van der Waals surface area contributed by atoms with Gasteiger partial charge in [0.2, 0.25) is 15.9 Å². The highest BCUT2D eigenvalue weighted by molar-refractivity contribution is 7.89. The topological polar surface area (TPSA) is 112 Å². The summed E-state index contributed by atoms with van der Waals surface area (Å²) in [6.45, 7) is 2.24. The number of carbonyl (C=O) groups is 1. The lowest BCUT2D eigenvalue weighted by atomic mass is 9.99. The Kier molecular flexibility index (Phi) is 5.32. The normalized spacial score (nSPS) is 20.5. The van der Waals surface area contributed by atoms with Crippen LogP contribution in [0.15, 0.2) is 23.1 Å². The largest absolute Gasteiger partial charge is 0.392 e. The molecule has 1 aliphatic heterocycles. The molecular weight excluding hydrogens is 364 g/mol. The predicted molar refractivity (Wildman–Crippen MR) is 93.6 cm³/mol. The van der Waals surface area contributed by atoms with Crippen molar-refractivity contribution in [1.82, 2.24) is 18.4 Å². The van der Waals surface area contributed by atoms with Gasteiger partial charge in [0.25, 0.3) is 0 Å². The van der Waals surface area contributed by atoms with Crippen LogP contribution in [0, 0.1) is 5.92 Å². The second-order valence-electron chi connectivity index (χ2n) is 6.18. The van der Waals surface area contributed by atoms with E-state index in [2.05, 4.69) is 14.1 Å². The van der Waals surface area contributed by atoms with Gasteiger partial charge in [0, 0.05) is 19.6 Å². The Morgan fingerprint density at radius 1 is 1.48 bits per heavy atom. The lowest BCUT2D eigenvalue weighted by Crippen LogP contribution is -2.46. The Bertz CT molecular complexity index is 865. The number of aliphatic hydroxyl groups excluding tert-OH is 1. The van der Waals surface area contributed by atoms with Crippen LogP contribution >= 0.6 is 11.7 Å². The van der Waals surface area contributed by atoms with Crippen LogP contribution < -0.4 is 5.32 Å². The van der Waals surface area contributed by atoms with Crippen molar-refractivity contribution in [2.45, 2.75) is 30.8 Å². The zero-order valence-electron chi connectivity index (χ0n) is 13.8. The fourth-order valence-corrected chi connectivity index (χ4v) is 5.17. The molecule has 2 heterocycles. The van der Waals surface area contributed by atoms with Gasteiger partial charge in [0.1, 0.15) is 15.9 Å². The number of hydrogen-bond donors (Lipinski definition) is 2. The van der Waals surface area contributed by atoms with Crippen molar-refractivity contribution < 1.29 is 18.3 Å². The first-order chi connectivity index (χ1) is 11.9. The third-order valence-corrected chi connectivity index (χ3v) is 6.63. The van der Waals surface area contributed by atoms with Gasteiger partial charge >= 0.3 is 0 Å². The van der Waals surface area contributed by atoms with E-state index in [1.165, 1.54) is 10.4 Å². The van der Waals surface area contributed by atoms with Crippen molar-refractivity contribution in [2.75, 3.05) is 19.6 Å². The van der Waals surface area contributed by atoms with Crippen molar-refractivity contribution in [1.29, 1.82) is 0 Å². The molecule has 2 atom stereocenters. The Morgan fingerprint density at radius 2 is 2.28 bits per heavy atom. The second-order valence-corrected chi connectivity index (χ2v) is 8.62. The number of nitrogens with zero attached hydrogens (tertiary/aromatic N) is 3. The van der Waals surface area contributed by atoms with Gasteiger partial charge < -0.3 is 10.4 Å². The summed E-state index contributed by atoms with van der Waals surface area (Å²) in [5.74, 6) is -0.649. The molecule has 1 amide bonds. The molecule has 0 aliphatic carbocycles. The molecule has 0 radical (unpaired) electrons. The minimum absolute atomic E-state index is 0.127. The Balaban J connectivity index is 1.80. The van der Waals surface area contributed by atoms with Gasteiger partial charge in [0.15, 0.2) is 0 Å². The molecule has 0 bridgehead atoms. The average Bonchev–Trinajstić information content (AvgIpc) is 3.08. The highest BCUT2D eigenvalue weighted by Gasteiger charge is 2.34. The van der Waals surface area contributed by atoms with E-state index in [0.29, 0.717) is 30.4 Å². The number of aliphatic hydroxyl groups is 1. The lowest BCUT2D eigenvalue weighted by Gasteiger charge is -2.31. The molecule has 136 valence electrons. The second kappa shape index (κ2) is 7.32. The molecule has 3 rings (SSSR count). The van der Waals surface area contributed by atoms with Gasteiger partial charge in [-0.15, -0.1) is 0 Å². The summed E-state index contributed by atoms with van der Waals surface area (Å²) >= 11 is 0.974. The van der Waals surface area contributed by atoms with Crippen LogP contribution in [0.5, 0.6) is 0 Å². The number of nitrogens with one attached hydrogen (secondary N) is 1. The van der Waals surface area contributed by atoms with E-state index in [1.807, 2.05) is 0 Å². The van der Waals surface area contributed by atoms with E-state index in [-0.39, 0.29) is 23.9 Å². The van der Waals surface area contributed by atoms with Gasteiger partial charge in [-0.25, -0.2) is 8.42 Å². The SMILES string of the molecule is C[C@H](O)CNC(=O)[C@@H]1CCCN(S(=O)(=O)c2cccc3nsnc23)C1. The number of hydrogen-bond acceptors (Lipinski definition) is 7. The van der Waals surface area contributed by atoms with E-state index < -0.39 is 22.0 Å². The summed E-state index contributed by atoms with van der Waals surface area (Å²) in [6.07, 6.45) is 0.597. The van der Waals surface area contributed by atoms with E-state index in [9.17, 15) is 18.3 Å². The number of fused-ring (bicyclic) bond motifs is 1. The Labute approximate surface area is 150 Å². The summed E-state index contributed by atoms with van der Waals surface area (Å²) < 4.78 is 35.6. The maximum absolute atomic E-state index is 13.0. The highest BCUT2D eigenvalue weighted by Crippen LogP contribution is 2.28. The third-order valence-electron chi connectivity index (χ3n) is 4.19. The molecule has 1 aromatic carbocycles. The number of sulfonamides is 1. The van der Waals surface area contributed by atoms with Crippen LogP contribution in [0.2, 0.25) is 0 Å². The summed E-state index contributed by atoms with van der Waals surface area (Å²) in [5.41, 5.74) is 0.919. The van der Waals surface area contributed by atoms with Crippen LogP contribution in [-0.4, -0.2) is 58.2 Å². The van der Waals surface area contributed by atoms with Crippen LogP contribution in [0.3, 0.4) is 0 Å². The van der Waals surface area contributed by atoms with Crippen molar-refractivity contribution in [2.24, 2.45) is 5.92 Å². The smallest absolute Gasteiger partial charge is 0.245 e. The van der Waals surface area contributed by atoms with E-state index in [1.54, 1.807) is 19.1 Å². The number of aromatic nitrogens is 2. The number of rotatable bonds is 5. The minimum Gasteiger partial charge on any atom is -0.392 e. The quantitative estimate of drug-likeness (QED) is 0.780. The molecule has 10 heteroatoms. The predicted octanol–water partition coefficient (Wildman–Crippen LogP) is 0.589. The Morgan fingerprint density at radius 3 is 3.04 bits per heavy atom. The molecule has 8 nitrogen and oxygen atoms in total. The third kappa shape index (κ3) is 3.81. The maximum Gasteiger partial charge on any atom is 0.245 e. The van der Waals surface area contributed by atoms with Gasteiger partial charge in [-0.3, -0.25) is 4.79 Å². The van der Waals surface area contributed by atoms with E-state index >= 15 is 0 Å². The van der Waals surface area contributed by atoms with Crippen LogP contribution in [0.4, 0.5) is 0 Å². The van der Waals surface area contributed by atoms with Crippen LogP contribution in [0.25, 0.3) is 11.0 Å². The average molecular weight is 384 g/mol. The van der Waals surface area contributed by atoms with Crippen molar-refractivity contribution in [3.63, 3.8) is 0 Å². The zero-order valence-corrected chi connectivity index (χ0v) is 15.4. The fraction of sp³-hybridized carbons (Fsp3) is 0.533. The van der Waals surface area contributed by atoms with Crippen molar-refractivity contribution >= 4 is 38.7 Å². The number of piperidine rings is 1. The van der Waals surface area contributed by atoms with Gasteiger partial charge in [0.05, 0.1) is 23.8 Å². The van der Waals surface area contributed by atoms with E-state index in [4.69, 9.17) is 0 Å². The number of carbonyl (C=O) groups excluding carboxylic acids is 1. The van der Waals surface area contributed by atoms with Gasteiger partial charge in [-0.2, -0.15) is 13.1 Å². The molecule has 25 heavy (non-hydrogen) atoms. The molecule has 1 saturated heterocycles. The molecule has 0 unspecified atom stereocenters. The minimum atomic E-state index is -3.75. The molecule has 1 aliphatic rings. The molecule has 1 fully saturated rings. The summed E-state index contributed by atoms with van der Waals surface area (Å²) in [4.78, 5) is 12.3. The first-order valence-corrected chi connectivity index (χ1v) is 10.2. The molecule has 1 aromatic heterocycles. The standard InChI is InChI=1S/C15H20N4O4S2/c1-10(20)8-16-15(21)11-4-3-7-19(9-11)25(22,23)13-6-2-5-12-14(13)18-24-17-12/h2,5-6,10-11,20H,3-4,7-9H2,1H3,(H,16,21)/t10-,11+/m0/s1. The van der Waals surface area contributed by atoms with Crippen molar-refractivity contribution in [3.8, 4) is 0 Å². The zero-order chi connectivity index (χ0) is 18.0. The monoisotopic (exact) mass is 384 g/mol. The van der Waals surface area contributed by atoms with E-state index in [0.717, 1.165) is 11.7 Å². The molecule has 0 saturated carbocycles. The van der Waals surface area contributed by atoms with Gasteiger partial charge in [-0.05, 0) is 31.9 Å². The van der Waals surface area contributed by atoms with Crippen molar-refractivity contribution in [3.05, 3.63) is 18.2 Å². The number of benzene rings is 1. The molecule has 2 aromatic rings. The number of amides is 1. The molecular formula is C15H20N4O4S2. The highest BCUT2D eigenvalue weighted by atomic mass is 32.2. The fourth-order valence-electron chi connectivity index (χ4n) is 2.90. The molecule has 0 spiro atoms. The summed E-state index contributed by atoms with van der Waals surface area (Å²) in [6, 6.07) is 4.89. The first-order valence-electron chi connectivity index (χ1n) is 8.07. The summed E-state index contributed by atoms with van der Waals surface area (Å²) in [7, 11) is -3.75. The van der Waals surface area contributed by atoms with Crippen LogP contribution in [-0.2, 0) is 14.8 Å². The lowest BCUT2D eigenvalue weighted by molar-refractivity contribution is -0.126. The van der Waals surface area contributed by atoms with Crippen LogP contribution in [0.1, 0.15) is 19.8 Å². The maximum atomic E-state index is 13.0.